The highest BCUT2D eigenvalue weighted by atomic mass is 32.2. The average molecular weight is 302 g/mol. The molecule has 1 aromatic rings. The van der Waals surface area contributed by atoms with Gasteiger partial charge in [-0.3, -0.25) is 4.79 Å². The lowest BCUT2D eigenvalue weighted by Gasteiger charge is -2.15. The Kier molecular flexibility index (Phi) is 4.27. The number of likely N-dealkylation sites (tertiary alicyclic amines) is 1. The molecule has 1 aromatic heterocycles. The van der Waals surface area contributed by atoms with Gasteiger partial charge in [0.1, 0.15) is 0 Å². The van der Waals surface area contributed by atoms with E-state index < -0.39 is 15.3 Å². The van der Waals surface area contributed by atoms with Crippen LogP contribution in [-0.4, -0.2) is 44.1 Å². The van der Waals surface area contributed by atoms with Crippen LogP contribution in [0, 0.1) is 6.92 Å². The van der Waals surface area contributed by atoms with E-state index in [4.69, 9.17) is 0 Å². The van der Waals surface area contributed by atoms with E-state index in [1.54, 1.807) is 17.9 Å². The second-order valence-electron chi connectivity index (χ2n) is 4.62. The maximum absolute atomic E-state index is 12.2. The number of carbonyl (C=O) groups excluding carboxylic acids is 1. The van der Waals surface area contributed by atoms with E-state index in [1.807, 2.05) is 13.0 Å². The zero-order chi connectivity index (χ0) is 14.0. The van der Waals surface area contributed by atoms with Gasteiger partial charge in [-0.15, -0.1) is 11.3 Å². The normalized spacial score (nSPS) is 19.9. The van der Waals surface area contributed by atoms with Gasteiger partial charge >= 0.3 is 0 Å². The van der Waals surface area contributed by atoms with E-state index >= 15 is 0 Å². The summed E-state index contributed by atoms with van der Waals surface area (Å²) in [5.74, 6) is -0.0627. The molecule has 5 nitrogen and oxygen atoms in total. The second kappa shape index (κ2) is 5.60. The standard InChI is InChI=1S/C12H18N2O3S2/c1-3-13-19(16,17)10-6-7-14(8-10)12(15)11-5-4-9(2)18-11/h4-5,10,13H,3,6-8H2,1-2H3/t10-/m1/s1. The number of nitrogens with zero attached hydrogens (tertiary/aromatic N) is 1. The Balaban J connectivity index is 2.04. The smallest absolute Gasteiger partial charge is 0.263 e. The van der Waals surface area contributed by atoms with E-state index in [2.05, 4.69) is 4.72 Å². The van der Waals surface area contributed by atoms with Crippen LogP contribution in [0.5, 0.6) is 0 Å². The lowest BCUT2D eigenvalue weighted by atomic mass is 10.4. The van der Waals surface area contributed by atoms with Crippen molar-refractivity contribution in [2.45, 2.75) is 25.5 Å². The van der Waals surface area contributed by atoms with Gasteiger partial charge in [0.2, 0.25) is 10.0 Å². The Morgan fingerprint density at radius 2 is 2.26 bits per heavy atom. The van der Waals surface area contributed by atoms with Crippen molar-refractivity contribution in [2.75, 3.05) is 19.6 Å². The zero-order valence-electron chi connectivity index (χ0n) is 11.0. The highest BCUT2D eigenvalue weighted by molar-refractivity contribution is 7.90. The van der Waals surface area contributed by atoms with E-state index in [0.717, 1.165) is 4.88 Å². The summed E-state index contributed by atoms with van der Waals surface area (Å²) in [6.45, 7) is 4.88. The van der Waals surface area contributed by atoms with Crippen molar-refractivity contribution in [3.8, 4) is 0 Å². The molecule has 19 heavy (non-hydrogen) atoms. The summed E-state index contributed by atoms with van der Waals surface area (Å²) in [5.41, 5.74) is 0. The number of rotatable bonds is 4. The van der Waals surface area contributed by atoms with Crippen LogP contribution in [0.25, 0.3) is 0 Å². The number of hydrogen-bond donors (Lipinski definition) is 1. The van der Waals surface area contributed by atoms with E-state index in [9.17, 15) is 13.2 Å². The Labute approximate surface area is 117 Å². The number of aryl methyl sites for hydroxylation is 1. The predicted octanol–water partition coefficient (Wildman–Crippen LogP) is 1.21. The molecule has 1 aliphatic rings. The molecule has 2 rings (SSSR count). The summed E-state index contributed by atoms with van der Waals surface area (Å²) in [7, 11) is -3.29. The molecule has 0 radical (unpaired) electrons. The van der Waals surface area contributed by atoms with Gasteiger partial charge < -0.3 is 4.90 Å². The quantitative estimate of drug-likeness (QED) is 0.909. The summed E-state index contributed by atoms with van der Waals surface area (Å²) in [5, 5.41) is -0.488. The van der Waals surface area contributed by atoms with Crippen molar-refractivity contribution in [1.29, 1.82) is 0 Å². The largest absolute Gasteiger partial charge is 0.337 e. The van der Waals surface area contributed by atoms with Crippen LogP contribution in [0.3, 0.4) is 0 Å². The summed E-state index contributed by atoms with van der Waals surface area (Å²) in [4.78, 5) is 15.6. The van der Waals surface area contributed by atoms with Crippen LogP contribution in [0.1, 0.15) is 27.9 Å². The van der Waals surface area contributed by atoms with Crippen LogP contribution in [0.2, 0.25) is 0 Å². The summed E-state index contributed by atoms with van der Waals surface area (Å²) < 4.78 is 26.3. The Morgan fingerprint density at radius 3 is 2.84 bits per heavy atom. The van der Waals surface area contributed by atoms with Crippen LogP contribution in [0.15, 0.2) is 12.1 Å². The van der Waals surface area contributed by atoms with Gasteiger partial charge in [-0.2, -0.15) is 0 Å². The Bertz CT molecular complexity index is 565. The van der Waals surface area contributed by atoms with Gasteiger partial charge in [0.25, 0.3) is 5.91 Å². The molecule has 0 spiro atoms. The highest BCUT2D eigenvalue weighted by Gasteiger charge is 2.35. The van der Waals surface area contributed by atoms with Crippen LogP contribution < -0.4 is 4.72 Å². The molecule has 0 saturated carbocycles. The Morgan fingerprint density at radius 1 is 1.53 bits per heavy atom. The van der Waals surface area contributed by atoms with Gasteiger partial charge in [0, 0.05) is 24.5 Å². The van der Waals surface area contributed by atoms with Crippen molar-refractivity contribution in [2.24, 2.45) is 0 Å². The van der Waals surface area contributed by atoms with Gasteiger partial charge in [0.15, 0.2) is 0 Å². The number of nitrogens with one attached hydrogen (secondary N) is 1. The third-order valence-electron chi connectivity index (χ3n) is 3.17. The molecule has 2 heterocycles. The van der Waals surface area contributed by atoms with Crippen LogP contribution in [-0.2, 0) is 10.0 Å². The van der Waals surface area contributed by atoms with Crippen molar-refractivity contribution < 1.29 is 13.2 Å². The molecule has 7 heteroatoms. The molecule has 1 amide bonds. The third kappa shape index (κ3) is 3.16. The van der Waals surface area contributed by atoms with Gasteiger partial charge in [0.05, 0.1) is 10.1 Å². The van der Waals surface area contributed by atoms with E-state index in [1.165, 1.54) is 11.3 Å². The summed E-state index contributed by atoms with van der Waals surface area (Å²) >= 11 is 1.45. The number of sulfonamides is 1. The lowest BCUT2D eigenvalue weighted by molar-refractivity contribution is 0.0798. The molecule has 0 unspecified atom stereocenters. The van der Waals surface area contributed by atoms with Crippen LogP contribution in [0.4, 0.5) is 0 Å². The van der Waals surface area contributed by atoms with Gasteiger partial charge in [-0.25, -0.2) is 13.1 Å². The molecule has 1 aliphatic heterocycles. The molecule has 1 fully saturated rings. The fourth-order valence-corrected chi connectivity index (χ4v) is 4.46. The number of thiophene rings is 1. The number of hydrogen-bond acceptors (Lipinski definition) is 4. The second-order valence-corrected chi connectivity index (χ2v) is 7.95. The number of amides is 1. The molecule has 0 aliphatic carbocycles. The van der Waals surface area contributed by atoms with Gasteiger partial charge in [-0.05, 0) is 25.5 Å². The average Bonchev–Trinajstić information content (AvgIpc) is 2.96. The fraction of sp³-hybridized carbons (Fsp3) is 0.583. The van der Waals surface area contributed by atoms with Crippen LogP contribution >= 0.6 is 11.3 Å². The summed E-state index contributed by atoms with van der Waals surface area (Å²) in [6.07, 6.45) is 0.505. The molecule has 1 atom stereocenters. The SMILES string of the molecule is CCNS(=O)(=O)[C@@H]1CCN(C(=O)c2ccc(C)s2)C1. The first-order valence-electron chi connectivity index (χ1n) is 6.28. The Hall–Kier alpha value is -0.920. The minimum Gasteiger partial charge on any atom is -0.337 e. The fourth-order valence-electron chi connectivity index (χ4n) is 2.19. The topological polar surface area (TPSA) is 66.5 Å². The van der Waals surface area contributed by atoms with Crippen molar-refractivity contribution >= 4 is 27.3 Å². The minimum absolute atomic E-state index is 0.0627. The molecular weight excluding hydrogens is 284 g/mol. The minimum atomic E-state index is -3.29. The first kappa shape index (κ1) is 14.5. The highest BCUT2D eigenvalue weighted by Crippen LogP contribution is 2.22. The predicted molar refractivity (Wildman–Crippen MR) is 76.0 cm³/mol. The molecule has 0 aromatic carbocycles. The molecule has 1 N–H and O–H groups in total. The van der Waals surface area contributed by atoms with E-state index in [-0.39, 0.29) is 12.5 Å². The van der Waals surface area contributed by atoms with Crippen molar-refractivity contribution in [3.05, 3.63) is 21.9 Å². The zero-order valence-corrected chi connectivity index (χ0v) is 12.7. The first-order chi connectivity index (χ1) is 8.94. The third-order valence-corrected chi connectivity index (χ3v) is 6.11. The summed E-state index contributed by atoms with van der Waals surface area (Å²) in [6, 6.07) is 3.70. The van der Waals surface area contributed by atoms with Crippen molar-refractivity contribution in [3.63, 3.8) is 0 Å². The van der Waals surface area contributed by atoms with E-state index in [0.29, 0.717) is 24.4 Å². The number of carbonyl (C=O) groups is 1. The lowest BCUT2D eigenvalue weighted by Crippen LogP contribution is -2.37. The maximum atomic E-state index is 12.2. The van der Waals surface area contributed by atoms with Gasteiger partial charge in [-0.1, -0.05) is 6.92 Å². The molecule has 0 bridgehead atoms. The maximum Gasteiger partial charge on any atom is 0.263 e. The first-order valence-corrected chi connectivity index (χ1v) is 8.64. The van der Waals surface area contributed by atoms with Crippen molar-refractivity contribution in [1.82, 2.24) is 9.62 Å². The molecular formula is C12H18N2O3S2. The monoisotopic (exact) mass is 302 g/mol. The molecule has 106 valence electrons. The molecule has 1 saturated heterocycles.